The van der Waals surface area contributed by atoms with Gasteiger partial charge < -0.3 is 4.90 Å². The third-order valence-corrected chi connectivity index (χ3v) is 6.77. The van der Waals surface area contributed by atoms with Crippen LogP contribution in [0.4, 0.5) is 4.39 Å². The van der Waals surface area contributed by atoms with Gasteiger partial charge in [-0.2, -0.15) is 11.8 Å². The molecule has 1 saturated heterocycles. The molecule has 1 atom stereocenters. The summed E-state index contributed by atoms with van der Waals surface area (Å²) in [6, 6.07) is 14.2. The van der Waals surface area contributed by atoms with Crippen molar-refractivity contribution in [2.24, 2.45) is 0 Å². The first kappa shape index (κ1) is 18.6. The molecule has 0 N–H and O–H groups in total. The summed E-state index contributed by atoms with van der Waals surface area (Å²) in [6.45, 7) is 1.50. The number of hydrogen-bond acceptors (Lipinski definition) is 3. The lowest BCUT2D eigenvalue weighted by atomic mass is 10.1. The van der Waals surface area contributed by atoms with Crippen LogP contribution in [0.25, 0.3) is 0 Å². The van der Waals surface area contributed by atoms with E-state index in [9.17, 15) is 9.18 Å². The van der Waals surface area contributed by atoms with E-state index in [0.29, 0.717) is 11.0 Å². The summed E-state index contributed by atoms with van der Waals surface area (Å²) in [6.07, 6.45) is 0.904. The van der Waals surface area contributed by atoms with Gasteiger partial charge in [-0.25, -0.2) is 4.39 Å². The SMILES string of the molecule is O=C(CSc1ccc(F)cc1)N1CCSC(c2ccccc2Cl)CC1. The summed E-state index contributed by atoms with van der Waals surface area (Å²) >= 11 is 9.63. The molecule has 1 heterocycles. The largest absolute Gasteiger partial charge is 0.341 e. The van der Waals surface area contributed by atoms with Crippen molar-refractivity contribution in [1.82, 2.24) is 4.90 Å². The van der Waals surface area contributed by atoms with Crippen LogP contribution in [0.3, 0.4) is 0 Å². The Kier molecular flexibility index (Phi) is 6.68. The van der Waals surface area contributed by atoms with Crippen molar-refractivity contribution in [1.29, 1.82) is 0 Å². The third-order valence-electron chi connectivity index (χ3n) is 4.12. The van der Waals surface area contributed by atoms with Crippen LogP contribution in [0.1, 0.15) is 17.2 Å². The first-order valence-corrected chi connectivity index (χ1v) is 10.6. The van der Waals surface area contributed by atoms with Gasteiger partial charge >= 0.3 is 0 Å². The standard InChI is InChI=1S/C19H19ClFNOS2/c20-17-4-2-1-3-16(17)18-9-10-22(11-12-24-18)19(23)13-25-15-7-5-14(21)6-8-15/h1-8,18H,9-13H2. The van der Waals surface area contributed by atoms with Crippen molar-refractivity contribution >= 4 is 41.0 Å². The van der Waals surface area contributed by atoms with E-state index in [-0.39, 0.29) is 11.7 Å². The summed E-state index contributed by atoms with van der Waals surface area (Å²) in [5.74, 6) is 1.16. The topological polar surface area (TPSA) is 20.3 Å². The predicted octanol–water partition coefficient (Wildman–Crippen LogP) is 5.28. The Morgan fingerprint density at radius 2 is 1.96 bits per heavy atom. The van der Waals surface area contributed by atoms with Crippen LogP contribution >= 0.6 is 35.1 Å². The molecular formula is C19H19ClFNOS2. The van der Waals surface area contributed by atoms with E-state index in [0.717, 1.165) is 40.7 Å². The molecule has 0 radical (unpaired) electrons. The molecule has 1 aliphatic heterocycles. The Hall–Kier alpha value is -1.17. The molecule has 0 aromatic heterocycles. The Morgan fingerprint density at radius 3 is 2.72 bits per heavy atom. The van der Waals surface area contributed by atoms with Crippen molar-refractivity contribution in [3.8, 4) is 0 Å². The Balaban J connectivity index is 1.54. The second-order valence-corrected chi connectivity index (χ2v) is 8.56. The van der Waals surface area contributed by atoms with Crippen LogP contribution in [0.2, 0.25) is 5.02 Å². The minimum absolute atomic E-state index is 0.134. The number of halogens is 2. The number of hydrogen-bond donors (Lipinski definition) is 0. The quantitative estimate of drug-likeness (QED) is 0.657. The number of carbonyl (C=O) groups is 1. The molecule has 1 unspecified atom stereocenters. The number of amides is 1. The zero-order valence-corrected chi connectivity index (χ0v) is 16.0. The summed E-state index contributed by atoms with van der Waals surface area (Å²) in [4.78, 5) is 15.3. The summed E-state index contributed by atoms with van der Waals surface area (Å²) in [7, 11) is 0. The van der Waals surface area contributed by atoms with E-state index in [1.165, 1.54) is 23.9 Å². The molecule has 2 aromatic carbocycles. The average Bonchev–Trinajstić information content (AvgIpc) is 2.87. The van der Waals surface area contributed by atoms with E-state index < -0.39 is 0 Å². The van der Waals surface area contributed by atoms with Gasteiger partial charge in [0.25, 0.3) is 0 Å². The Bertz CT molecular complexity index is 726. The lowest BCUT2D eigenvalue weighted by molar-refractivity contribution is -0.128. The highest BCUT2D eigenvalue weighted by Gasteiger charge is 2.23. The van der Waals surface area contributed by atoms with Crippen LogP contribution in [0.5, 0.6) is 0 Å². The van der Waals surface area contributed by atoms with Crippen molar-refractivity contribution < 1.29 is 9.18 Å². The maximum atomic E-state index is 12.9. The smallest absolute Gasteiger partial charge is 0.232 e. The van der Waals surface area contributed by atoms with E-state index in [1.807, 2.05) is 34.9 Å². The van der Waals surface area contributed by atoms with Crippen LogP contribution < -0.4 is 0 Å². The fraction of sp³-hybridized carbons (Fsp3) is 0.316. The molecule has 132 valence electrons. The molecule has 1 amide bonds. The van der Waals surface area contributed by atoms with Gasteiger partial charge in [-0.1, -0.05) is 29.8 Å². The van der Waals surface area contributed by atoms with Crippen molar-refractivity contribution in [3.05, 3.63) is 64.9 Å². The second-order valence-electron chi connectivity index (χ2n) is 5.79. The molecule has 2 nitrogen and oxygen atoms in total. The van der Waals surface area contributed by atoms with Crippen LogP contribution in [0, 0.1) is 5.82 Å². The Morgan fingerprint density at radius 1 is 1.20 bits per heavy atom. The van der Waals surface area contributed by atoms with E-state index >= 15 is 0 Å². The molecule has 3 rings (SSSR count). The summed E-state index contributed by atoms with van der Waals surface area (Å²) in [5, 5.41) is 1.13. The maximum Gasteiger partial charge on any atom is 0.232 e. The number of carbonyl (C=O) groups excluding carboxylic acids is 1. The zero-order chi connectivity index (χ0) is 17.6. The molecule has 0 spiro atoms. The molecule has 0 saturated carbocycles. The minimum atomic E-state index is -0.258. The monoisotopic (exact) mass is 395 g/mol. The molecule has 6 heteroatoms. The van der Waals surface area contributed by atoms with Crippen molar-refractivity contribution in [2.45, 2.75) is 16.6 Å². The fourth-order valence-electron chi connectivity index (χ4n) is 2.77. The lowest BCUT2D eigenvalue weighted by Crippen LogP contribution is -2.34. The van der Waals surface area contributed by atoms with E-state index in [1.54, 1.807) is 12.1 Å². The van der Waals surface area contributed by atoms with Gasteiger partial charge in [0.1, 0.15) is 5.82 Å². The molecular weight excluding hydrogens is 377 g/mol. The number of benzene rings is 2. The maximum absolute atomic E-state index is 12.9. The summed E-state index contributed by atoms with van der Waals surface area (Å²) < 4.78 is 12.9. The number of thioether (sulfide) groups is 2. The lowest BCUT2D eigenvalue weighted by Gasteiger charge is -2.20. The Labute approximate surface area is 161 Å². The third kappa shape index (κ3) is 5.16. The van der Waals surface area contributed by atoms with Crippen LogP contribution in [-0.4, -0.2) is 35.4 Å². The highest BCUT2D eigenvalue weighted by Crippen LogP contribution is 2.37. The normalized spacial score (nSPS) is 18.0. The minimum Gasteiger partial charge on any atom is -0.341 e. The highest BCUT2D eigenvalue weighted by molar-refractivity contribution is 8.00. The van der Waals surface area contributed by atoms with Crippen LogP contribution in [0.15, 0.2) is 53.4 Å². The molecule has 0 bridgehead atoms. The number of nitrogens with zero attached hydrogens (tertiary/aromatic N) is 1. The van der Waals surface area contributed by atoms with Gasteiger partial charge in [-0.15, -0.1) is 11.8 Å². The molecule has 2 aromatic rings. The van der Waals surface area contributed by atoms with E-state index in [4.69, 9.17) is 11.6 Å². The first-order chi connectivity index (χ1) is 12.1. The van der Waals surface area contributed by atoms with Crippen molar-refractivity contribution in [2.75, 3.05) is 24.6 Å². The van der Waals surface area contributed by atoms with Gasteiger partial charge in [-0.05, 0) is 42.3 Å². The molecule has 25 heavy (non-hydrogen) atoms. The average molecular weight is 396 g/mol. The van der Waals surface area contributed by atoms with Gasteiger partial charge in [0, 0.05) is 34.0 Å². The van der Waals surface area contributed by atoms with Gasteiger partial charge in [0.15, 0.2) is 0 Å². The van der Waals surface area contributed by atoms with Gasteiger partial charge in [0.2, 0.25) is 5.91 Å². The predicted molar refractivity (Wildman–Crippen MR) is 105 cm³/mol. The van der Waals surface area contributed by atoms with Gasteiger partial charge in [0.05, 0.1) is 5.75 Å². The molecule has 0 aliphatic carbocycles. The fourth-order valence-corrected chi connectivity index (χ4v) is 5.17. The zero-order valence-electron chi connectivity index (χ0n) is 13.7. The highest BCUT2D eigenvalue weighted by atomic mass is 35.5. The van der Waals surface area contributed by atoms with E-state index in [2.05, 4.69) is 6.07 Å². The second kappa shape index (κ2) is 8.97. The first-order valence-electron chi connectivity index (χ1n) is 8.15. The summed E-state index contributed by atoms with van der Waals surface area (Å²) in [5.41, 5.74) is 1.16. The number of rotatable bonds is 4. The van der Waals surface area contributed by atoms with Crippen molar-refractivity contribution in [3.63, 3.8) is 0 Å². The molecule has 1 aliphatic rings. The van der Waals surface area contributed by atoms with Gasteiger partial charge in [-0.3, -0.25) is 4.79 Å². The molecule has 1 fully saturated rings. The van der Waals surface area contributed by atoms with Crippen LogP contribution in [-0.2, 0) is 4.79 Å².